The third-order valence-electron chi connectivity index (χ3n) is 5.61. The summed E-state index contributed by atoms with van der Waals surface area (Å²) < 4.78 is 17.4. The molecule has 0 aliphatic heterocycles. The first-order chi connectivity index (χ1) is 12.0. The number of rotatable bonds is 9. The molecule has 3 heteroatoms. The maximum Gasteiger partial charge on any atom is 0.197 e. The van der Waals surface area contributed by atoms with Crippen molar-refractivity contribution >= 4 is 0 Å². The summed E-state index contributed by atoms with van der Waals surface area (Å²) in [5.74, 6) is 3.47. The number of benzene rings is 1. The average Bonchev–Trinajstić information content (AvgIpc) is 2.62. The zero-order valence-electron chi connectivity index (χ0n) is 16.7. The van der Waals surface area contributed by atoms with Gasteiger partial charge in [-0.15, -0.1) is 0 Å². The van der Waals surface area contributed by atoms with E-state index in [0.29, 0.717) is 11.8 Å². The van der Waals surface area contributed by atoms with E-state index in [-0.39, 0.29) is 6.29 Å². The van der Waals surface area contributed by atoms with Gasteiger partial charge in [0.25, 0.3) is 0 Å². The lowest BCUT2D eigenvalue weighted by atomic mass is 9.87. The summed E-state index contributed by atoms with van der Waals surface area (Å²) in [6.07, 6.45) is 7.79. The molecule has 0 bridgehead atoms. The van der Waals surface area contributed by atoms with Gasteiger partial charge in [0.05, 0.1) is 13.7 Å². The van der Waals surface area contributed by atoms with Crippen LogP contribution in [-0.2, 0) is 4.74 Å². The molecule has 0 N–H and O–H groups in total. The van der Waals surface area contributed by atoms with Crippen molar-refractivity contribution in [3.8, 4) is 11.5 Å². The highest BCUT2D eigenvalue weighted by atomic mass is 16.7. The lowest BCUT2D eigenvalue weighted by Crippen LogP contribution is -2.19. The molecular formula is C22H36O3. The number of hydrogen-bond acceptors (Lipinski definition) is 3. The van der Waals surface area contributed by atoms with E-state index in [2.05, 4.69) is 32.9 Å². The molecule has 1 fully saturated rings. The van der Waals surface area contributed by atoms with Crippen molar-refractivity contribution in [2.24, 2.45) is 11.8 Å². The third kappa shape index (κ3) is 6.22. The average molecular weight is 349 g/mol. The van der Waals surface area contributed by atoms with Crippen molar-refractivity contribution in [2.45, 2.75) is 78.4 Å². The van der Waals surface area contributed by atoms with Crippen molar-refractivity contribution in [1.82, 2.24) is 0 Å². The minimum atomic E-state index is -0.258. The summed E-state index contributed by atoms with van der Waals surface area (Å²) in [5.41, 5.74) is 1.28. The van der Waals surface area contributed by atoms with E-state index in [1.54, 1.807) is 7.11 Å². The third-order valence-corrected chi connectivity index (χ3v) is 5.61. The Kier molecular flexibility index (Phi) is 8.08. The zero-order valence-corrected chi connectivity index (χ0v) is 16.7. The topological polar surface area (TPSA) is 27.7 Å². The van der Waals surface area contributed by atoms with Crippen LogP contribution in [0.1, 0.15) is 77.7 Å². The van der Waals surface area contributed by atoms with Gasteiger partial charge in [0.1, 0.15) is 0 Å². The Bertz CT molecular complexity index is 506. The standard InChI is InChI=1S/C22H36O3/c1-16(2)17(3)20-11-12-21(22(15-20)23-5)25-18(4)24-14-13-19-9-7-6-8-10-19/h11-12,15-19H,6-10,13-14H2,1-5H3. The second-order valence-corrected chi connectivity index (χ2v) is 7.79. The van der Waals surface area contributed by atoms with Gasteiger partial charge in [-0.1, -0.05) is 58.9 Å². The molecule has 25 heavy (non-hydrogen) atoms. The molecule has 0 amide bonds. The van der Waals surface area contributed by atoms with Crippen molar-refractivity contribution < 1.29 is 14.2 Å². The first-order valence-electron chi connectivity index (χ1n) is 9.97. The maximum atomic E-state index is 5.97. The molecule has 1 aliphatic rings. The van der Waals surface area contributed by atoms with Crippen molar-refractivity contribution in [1.29, 1.82) is 0 Å². The van der Waals surface area contributed by atoms with E-state index < -0.39 is 0 Å². The molecule has 3 nitrogen and oxygen atoms in total. The smallest absolute Gasteiger partial charge is 0.197 e. The van der Waals surface area contributed by atoms with Crippen molar-refractivity contribution in [3.63, 3.8) is 0 Å². The van der Waals surface area contributed by atoms with E-state index in [4.69, 9.17) is 14.2 Å². The van der Waals surface area contributed by atoms with Crippen LogP contribution in [0.3, 0.4) is 0 Å². The summed E-state index contributed by atoms with van der Waals surface area (Å²) in [4.78, 5) is 0. The van der Waals surface area contributed by atoms with E-state index in [1.165, 1.54) is 37.7 Å². The Morgan fingerprint density at radius 3 is 2.36 bits per heavy atom. The molecule has 0 heterocycles. The molecule has 2 atom stereocenters. The summed E-state index contributed by atoms with van der Waals surface area (Å²) in [6.45, 7) is 9.46. The molecule has 1 aliphatic carbocycles. The van der Waals surface area contributed by atoms with Gasteiger partial charge in [0.2, 0.25) is 0 Å². The summed E-state index contributed by atoms with van der Waals surface area (Å²) in [7, 11) is 1.70. The van der Waals surface area contributed by atoms with Gasteiger partial charge in [-0.2, -0.15) is 0 Å². The summed E-state index contributed by atoms with van der Waals surface area (Å²) >= 11 is 0. The Hall–Kier alpha value is -1.22. The van der Waals surface area contributed by atoms with Crippen LogP contribution in [-0.4, -0.2) is 20.0 Å². The van der Waals surface area contributed by atoms with Gasteiger partial charge in [-0.05, 0) is 48.8 Å². The molecule has 0 spiro atoms. The molecule has 0 radical (unpaired) electrons. The Morgan fingerprint density at radius 2 is 1.72 bits per heavy atom. The van der Waals surface area contributed by atoms with Gasteiger partial charge < -0.3 is 14.2 Å². The highest BCUT2D eigenvalue weighted by Gasteiger charge is 2.16. The Morgan fingerprint density at radius 1 is 1.00 bits per heavy atom. The maximum absolute atomic E-state index is 5.97. The van der Waals surface area contributed by atoms with Crippen LogP contribution in [0.4, 0.5) is 0 Å². The van der Waals surface area contributed by atoms with E-state index in [9.17, 15) is 0 Å². The van der Waals surface area contributed by atoms with Crippen LogP contribution in [0.25, 0.3) is 0 Å². The first kappa shape index (κ1) is 20.1. The van der Waals surface area contributed by atoms with Gasteiger partial charge in [0, 0.05) is 0 Å². The van der Waals surface area contributed by atoms with Crippen molar-refractivity contribution in [3.05, 3.63) is 23.8 Å². The fourth-order valence-electron chi connectivity index (χ4n) is 3.54. The minimum Gasteiger partial charge on any atom is -0.493 e. The number of hydrogen-bond donors (Lipinski definition) is 0. The molecular weight excluding hydrogens is 312 g/mol. The molecule has 1 aromatic carbocycles. The first-order valence-corrected chi connectivity index (χ1v) is 9.97. The molecule has 1 aromatic rings. The summed E-state index contributed by atoms with van der Waals surface area (Å²) in [6, 6.07) is 6.24. The lowest BCUT2D eigenvalue weighted by molar-refractivity contribution is -0.0720. The minimum absolute atomic E-state index is 0.258. The van der Waals surface area contributed by atoms with E-state index in [1.807, 2.05) is 13.0 Å². The zero-order chi connectivity index (χ0) is 18.2. The molecule has 2 unspecified atom stereocenters. The monoisotopic (exact) mass is 348 g/mol. The van der Waals surface area contributed by atoms with Gasteiger partial charge >= 0.3 is 0 Å². The van der Waals surface area contributed by atoms with E-state index >= 15 is 0 Å². The normalized spacial score (nSPS) is 18.2. The summed E-state index contributed by atoms with van der Waals surface area (Å²) in [5, 5.41) is 0. The molecule has 0 saturated heterocycles. The van der Waals surface area contributed by atoms with Crippen LogP contribution in [0.2, 0.25) is 0 Å². The highest BCUT2D eigenvalue weighted by molar-refractivity contribution is 5.44. The highest BCUT2D eigenvalue weighted by Crippen LogP contribution is 2.34. The predicted octanol–water partition coefficient (Wildman–Crippen LogP) is 6.17. The van der Waals surface area contributed by atoms with Crippen LogP contribution in [0, 0.1) is 11.8 Å². The van der Waals surface area contributed by atoms with Crippen molar-refractivity contribution in [2.75, 3.05) is 13.7 Å². The molecule has 142 valence electrons. The SMILES string of the molecule is COc1cc(C(C)C(C)C)ccc1OC(C)OCCC1CCCCC1. The second kappa shape index (κ2) is 10.1. The predicted molar refractivity (Wildman–Crippen MR) is 103 cm³/mol. The lowest BCUT2D eigenvalue weighted by Gasteiger charge is -2.23. The second-order valence-electron chi connectivity index (χ2n) is 7.79. The number of methoxy groups -OCH3 is 1. The van der Waals surface area contributed by atoms with E-state index in [0.717, 1.165) is 30.4 Å². The number of ether oxygens (including phenoxy) is 3. The van der Waals surface area contributed by atoms with Gasteiger partial charge in [-0.25, -0.2) is 0 Å². The fourth-order valence-corrected chi connectivity index (χ4v) is 3.54. The van der Waals surface area contributed by atoms with Crippen LogP contribution in [0.15, 0.2) is 18.2 Å². The van der Waals surface area contributed by atoms with Crippen LogP contribution >= 0.6 is 0 Å². The molecule has 0 aromatic heterocycles. The Labute approximate surface area is 154 Å². The largest absolute Gasteiger partial charge is 0.493 e. The molecule has 2 rings (SSSR count). The quantitative estimate of drug-likeness (QED) is 0.500. The van der Waals surface area contributed by atoms with Crippen LogP contribution in [0.5, 0.6) is 11.5 Å². The van der Waals surface area contributed by atoms with Gasteiger partial charge in [0.15, 0.2) is 17.8 Å². The van der Waals surface area contributed by atoms with Gasteiger partial charge in [-0.3, -0.25) is 0 Å². The molecule has 1 saturated carbocycles. The Balaban J connectivity index is 1.85. The fraction of sp³-hybridized carbons (Fsp3) is 0.727. The van der Waals surface area contributed by atoms with Crippen LogP contribution < -0.4 is 9.47 Å².